The number of rotatable bonds is 5. The van der Waals surface area contributed by atoms with Gasteiger partial charge in [0.15, 0.2) is 11.6 Å². The van der Waals surface area contributed by atoms with Gasteiger partial charge in [0.1, 0.15) is 18.1 Å². The highest BCUT2D eigenvalue weighted by molar-refractivity contribution is 6.10. The number of carbonyl (C=O) groups excluding carboxylic acids is 2. The summed E-state index contributed by atoms with van der Waals surface area (Å²) in [7, 11) is 0. The van der Waals surface area contributed by atoms with Gasteiger partial charge in [0.05, 0.1) is 17.7 Å². The minimum Gasteiger partial charge on any atom is -0.507 e. The Labute approximate surface area is 180 Å². The SMILES string of the molecule is CC(=O)c1c(O)ccc2ccccc12.CC(=O)c1c(OCCO)ccc2ccccc12. The van der Waals surface area contributed by atoms with Gasteiger partial charge in [0.25, 0.3) is 0 Å². The number of ketones is 2. The number of ether oxygens (including phenoxy) is 1. The summed E-state index contributed by atoms with van der Waals surface area (Å²) < 4.78 is 5.38. The van der Waals surface area contributed by atoms with Crippen LogP contribution in [0.5, 0.6) is 11.5 Å². The number of Topliss-reactive ketones (excluding diaryl/α,β-unsaturated/α-hetero) is 2. The molecule has 0 heterocycles. The molecule has 31 heavy (non-hydrogen) atoms. The van der Waals surface area contributed by atoms with Crippen LogP contribution in [0.25, 0.3) is 21.5 Å². The minimum absolute atomic E-state index is 0.0326. The number of aromatic hydroxyl groups is 1. The fourth-order valence-electron chi connectivity index (χ4n) is 3.52. The van der Waals surface area contributed by atoms with Crippen LogP contribution in [0.1, 0.15) is 34.6 Å². The van der Waals surface area contributed by atoms with E-state index >= 15 is 0 Å². The number of hydrogen-bond acceptors (Lipinski definition) is 5. The number of aliphatic hydroxyl groups is 1. The van der Waals surface area contributed by atoms with E-state index in [1.54, 1.807) is 18.2 Å². The standard InChI is InChI=1S/C14H14O3.C12H10O2/c1-10(16)14-12-5-3-2-4-11(12)6-7-13(14)17-9-8-15;1-8(13)12-10-5-3-2-4-9(10)6-7-11(12)14/h2-7,15H,8-9H2,1H3;2-7,14H,1H3. The largest absolute Gasteiger partial charge is 0.507 e. The summed E-state index contributed by atoms with van der Waals surface area (Å²) >= 11 is 0. The number of fused-ring (bicyclic) bond motifs is 2. The second-order valence-electron chi connectivity index (χ2n) is 7.03. The van der Waals surface area contributed by atoms with Gasteiger partial charge in [0.2, 0.25) is 0 Å². The second kappa shape index (κ2) is 9.87. The van der Waals surface area contributed by atoms with Crippen molar-refractivity contribution in [2.45, 2.75) is 13.8 Å². The molecule has 5 nitrogen and oxygen atoms in total. The Balaban J connectivity index is 0.000000179. The van der Waals surface area contributed by atoms with Crippen LogP contribution < -0.4 is 4.74 Å². The van der Waals surface area contributed by atoms with Crippen molar-refractivity contribution in [3.63, 3.8) is 0 Å². The monoisotopic (exact) mass is 416 g/mol. The van der Waals surface area contributed by atoms with E-state index in [0.717, 1.165) is 21.5 Å². The van der Waals surface area contributed by atoms with E-state index in [-0.39, 0.29) is 30.5 Å². The topological polar surface area (TPSA) is 83.8 Å². The summed E-state index contributed by atoms with van der Waals surface area (Å²) in [5, 5.41) is 22.0. The summed E-state index contributed by atoms with van der Waals surface area (Å²) in [6, 6.07) is 22.2. The molecule has 4 rings (SSSR count). The van der Waals surface area contributed by atoms with Crippen LogP contribution in [0.3, 0.4) is 0 Å². The van der Waals surface area contributed by atoms with Crippen LogP contribution in [-0.2, 0) is 0 Å². The smallest absolute Gasteiger partial charge is 0.164 e. The normalized spacial score (nSPS) is 10.4. The Morgan fingerprint density at radius 2 is 1.26 bits per heavy atom. The summed E-state index contributed by atoms with van der Waals surface area (Å²) in [6.07, 6.45) is 0. The zero-order valence-electron chi connectivity index (χ0n) is 17.5. The minimum atomic E-state index is -0.112. The number of phenols is 1. The van der Waals surface area contributed by atoms with Crippen molar-refractivity contribution < 1.29 is 24.5 Å². The van der Waals surface area contributed by atoms with Crippen LogP contribution >= 0.6 is 0 Å². The van der Waals surface area contributed by atoms with E-state index in [9.17, 15) is 14.7 Å². The Morgan fingerprint density at radius 1 is 0.742 bits per heavy atom. The Hall–Kier alpha value is -3.70. The van der Waals surface area contributed by atoms with Crippen LogP contribution in [0.2, 0.25) is 0 Å². The third-order valence-electron chi connectivity index (χ3n) is 4.85. The number of carbonyl (C=O) groups is 2. The van der Waals surface area contributed by atoms with Gasteiger partial charge < -0.3 is 14.9 Å². The highest BCUT2D eigenvalue weighted by Gasteiger charge is 2.13. The number of benzene rings is 4. The molecule has 158 valence electrons. The van der Waals surface area contributed by atoms with Gasteiger partial charge in [0, 0.05) is 0 Å². The molecule has 2 N–H and O–H groups in total. The maximum Gasteiger partial charge on any atom is 0.164 e. The molecule has 4 aromatic carbocycles. The number of aliphatic hydroxyl groups excluding tert-OH is 1. The van der Waals surface area contributed by atoms with Crippen molar-refractivity contribution in [3.8, 4) is 11.5 Å². The summed E-state index contributed by atoms with van der Waals surface area (Å²) in [4.78, 5) is 23.0. The first-order valence-corrected chi connectivity index (χ1v) is 9.92. The van der Waals surface area contributed by atoms with Crippen molar-refractivity contribution >= 4 is 33.1 Å². The van der Waals surface area contributed by atoms with Gasteiger partial charge in [-0.3, -0.25) is 9.59 Å². The lowest BCUT2D eigenvalue weighted by Gasteiger charge is -2.11. The molecule has 0 amide bonds. The molecule has 0 aliphatic carbocycles. The van der Waals surface area contributed by atoms with Crippen LogP contribution in [0.4, 0.5) is 0 Å². The Morgan fingerprint density at radius 3 is 1.81 bits per heavy atom. The summed E-state index contributed by atoms with van der Waals surface area (Å²) in [5.74, 6) is 0.440. The Bertz CT molecular complexity index is 1240. The molecule has 0 aliphatic rings. The molecule has 4 aromatic rings. The molecular formula is C26H24O5. The quantitative estimate of drug-likeness (QED) is 0.439. The second-order valence-corrected chi connectivity index (χ2v) is 7.03. The zero-order valence-corrected chi connectivity index (χ0v) is 17.5. The molecule has 0 aliphatic heterocycles. The fourth-order valence-corrected chi connectivity index (χ4v) is 3.52. The molecule has 0 fully saturated rings. The fraction of sp³-hybridized carbons (Fsp3) is 0.154. The predicted molar refractivity (Wildman–Crippen MR) is 122 cm³/mol. The highest BCUT2D eigenvalue weighted by atomic mass is 16.5. The average Bonchev–Trinajstić information content (AvgIpc) is 2.77. The third-order valence-corrected chi connectivity index (χ3v) is 4.85. The van der Waals surface area contributed by atoms with E-state index in [4.69, 9.17) is 9.84 Å². The van der Waals surface area contributed by atoms with Gasteiger partial charge in [-0.15, -0.1) is 0 Å². The first-order chi connectivity index (χ1) is 14.9. The van der Waals surface area contributed by atoms with E-state index < -0.39 is 0 Å². The van der Waals surface area contributed by atoms with Crippen molar-refractivity contribution in [2.75, 3.05) is 13.2 Å². The third kappa shape index (κ3) is 4.90. The van der Waals surface area contributed by atoms with Gasteiger partial charge in [-0.25, -0.2) is 0 Å². The molecule has 0 radical (unpaired) electrons. The van der Waals surface area contributed by atoms with Gasteiger partial charge in [-0.05, 0) is 47.5 Å². The molecule has 0 saturated heterocycles. The summed E-state index contributed by atoms with van der Waals surface area (Å²) in [6.45, 7) is 3.11. The maximum atomic E-state index is 11.7. The number of phenolic OH excluding ortho intramolecular Hbond substituents is 1. The van der Waals surface area contributed by atoms with Crippen molar-refractivity contribution in [2.24, 2.45) is 0 Å². The van der Waals surface area contributed by atoms with E-state index in [0.29, 0.717) is 16.9 Å². The lowest BCUT2D eigenvalue weighted by Crippen LogP contribution is -2.06. The molecule has 0 atom stereocenters. The molecular weight excluding hydrogens is 392 g/mol. The van der Waals surface area contributed by atoms with Crippen molar-refractivity contribution in [1.82, 2.24) is 0 Å². The first kappa shape index (κ1) is 22.0. The average molecular weight is 416 g/mol. The molecule has 0 aromatic heterocycles. The lowest BCUT2D eigenvalue weighted by molar-refractivity contribution is 0.100. The Kier molecular flexibility index (Phi) is 7.00. The lowest BCUT2D eigenvalue weighted by atomic mass is 10.0. The molecule has 0 saturated carbocycles. The molecule has 0 unspecified atom stereocenters. The van der Waals surface area contributed by atoms with Crippen LogP contribution in [0, 0.1) is 0 Å². The van der Waals surface area contributed by atoms with Crippen molar-refractivity contribution in [3.05, 3.63) is 83.9 Å². The van der Waals surface area contributed by atoms with Gasteiger partial charge in [-0.1, -0.05) is 60.7 Å². The van der Waals surface area contributed by atoms with E-state index in [2.05, 4.69) is 0 Å². The molecule has 5 heteroatoms. The zero-order chi connectivity index (χ0) is 22.4. The maximum absolute atomic E-state index is 11.7. The molecule has 0 spiro atoms. The molecule has 0 bridgehead atoms. The predicted octanol–water partition coefficient (Wildman–Crippen LogP) is 5.16. The number of hydrogen-bond donors (Lipinski definition) is 2. The van der Waals surface area contributed by atoms with Gasteiger partial charge in [-0.2, -0.15) is 0 Å². The first-order valence-electron chi connectivity index (χ1n) is 9.92. The van der Waals surface area contributed by atoms with E-state index in [1.165, 1.54) is 13.8 Å². The van der Waals surface area contributed by atoms with Gasteiger partial charge >= 0.3 is 0 Å². The highest BCUT2D eigenvalue weighted by Crippen LogP contribution is 2.29. The van der Waals surface area contributed by atoms with Crippen molar-refractivity contribution in [1.29, 1.82) is 0 Å². The van der Waals surface area contributed by atoms with Crippen LogP contribution in [0.15, 0.2) is 72.8 Å². The van der Waals surface area contributed by atoms with Crippen LogP contribution in [-0.4, -0.2) is 35.0 Å². The summed E-state index contributed by atoms with van der Waals surface area (Å²) in [5.41, 5.74) is 0.986. The van der Waals surface area contributed by atoms with E-state index in [1.807, 2.05) is 54.6 Å².